The zero-order valence-electron chi connectivity index (χ0n) is 14.5. The highest BCUT2D eigenvalue weighted by Gasteiger charge is 2.30. The molecule has 6 heteroatoms. The van der Waals surface area contributed by atoms with Gasteiger partial charge in [0.1, 0.15) is 0 Å². The van der Waals surface area contributed by atoms with Crippen molar-refractivity contribution in [1.29, 1.82) is 0 Å². The van der Waals surface area contributed by atoms with Gasteiger partial charge in [-0.3, -0.25) is 14.9 Å². The number of anilines is 1. The Morgan fingerprint density at radius 1 is 1.29 bits per heavy atom. The van der Waals surface area contributed by atoms with Gasteiger partial charge >= 0.3 is 6.03 Å². The molecule has 0 bridgehead atoms. The van der Waals surface area contributed by atoms with Gasteiger partial charge in [0.2, 0.25) is 0 Å². The van der Waals surface area contributed by atoms with E-state index in [0.29, 0.717) is 11.7 Å². The summed E-state index contributed by atoms with van der Waals surface area (Å²) in [6.07, 6.45) is 0. The van der Waals surface area contributed by atoms with Crippen molar-refractivity contribution in [3.63, 3.8) is 0 Å². The molecule has 2 N–H and O–H groups in total. The van der Waals surface area contributed by atoms with Gasteiger partial charge in [0.25, 0.3) is 0 Å². The summed E-state index contributed by atoms with van der Waals surface area (Å²) in [5.41, 5.74) is 2.31. The number of nitrogens with zero attached hydrogens (tertiary/aromatic N) is 3. The Hall–Kier alpha value is -2.34. The highest BCUT2D eigenvalue weighted by molar-refractivity contribution is 5.88. The van der Waals surface area contributed by atoms with E-state index in [1.165, 1.54) is 5.56 Å². The summed E-state index contributed by atoms with van der Waals surface area (Å²) in [6.45, 7) is 6.91. The van der Waals surface area contributed by atoms with Gasteiger partial charge in [-0.15, -0.1) is 0 Å². The predicted octanol–water partition coefficient (Wildman–Crippen LogP) is 2.37. The molecule has 0 radical (unpaired) electrons. The van der Waals surface area contributed by atoms with Crippen molar-refractivity contribution in [1.82, 2.24) is 20.0 Å². The first-order valence-electron chi connectivity index (χ1n) is 8.35. The zero-order valence-corrected chi connectivity index (χ0v) is 14.5. The predicted molar refractivity (Wildman–Crippen MR) is 94.8 cm³/mol. The van der Waals surface area contributed by atoms with E-state index in [0.717, 1.165) is 25.3 Å². The monoisotopic (exact) mass is 327 g/mol. The third-order valence-corrected chi connectivity index (χ3v) is 4.61. The minimum Gasteiger partial charge on any atom is -0.333 e. The number of hydrogen-bond acceptors (Lipinski definition) is 3. The van der Waals surface area contributed by atoms with Crippen molar-refractivity contribution in [2.45, 2.75) is 26.4 Å². The smallest absolute Gasteiger partial charge is 0.320 e. The van der Waals surface area contributed by atoms with Crippen molar-refractivity contribution < 1.29 is 4.79 Å². The van der Waals surface area contributed by atoms with Crippen LogP contribution in [0.5, 0.6) is 0 Å². The summed E-state index contributed by atoms with van der Waals surface area (Å²) in [5.74, 6) is 1.00. The fraction of sp³-hybridized carbons (Fsp3) is 0.444. The van der Waals surface area contributed by atoms with Gasteiger partial charge in [0.15, 0.2) is 5.82 Å². The van der Waals surface area contributed by atoms with E-state index in [1.807, 2.05) is 26.1 Å². The zero-order chi connectivity index (χ0) is 17.1. The van der Waals surface area contributed by atoms with Crippen LogP contribution in [0.4, 0.5) is 10.6 Å². The molecule has 128 valence electrons. The van der Waals surface area contributed by atoms with E-state index in [-0.39, 0.29) is 12.1 Å². The Balaban J connectivity index is 1.52. The second-order valence-corrected chi connectivity index (χ2v) is 6.66. The topological polar surface area (TPSA) is 62.2 Å². The lowest BCUT2D eigenvalue weighted by molar-refractivity contribution is 0.246. The van der Waals surface area contributed by atoms with Crippen LogP contribution >= 0.6 is 0 Å². The molecule has 6 nitrogen and oxygen atoms in total. The molecule has 0 aliphatic carbocycles. The van der Waals surface area contributed by atoms with Crippen LogP contribution in [0.15, 0.2) is 36.4 Å². The molecule has 1 fully saturated rings. The Morgan fingerprint density at radius 3 is 2.71 bits per heavy atom. The van der Waals surface area contributed by atoms with Gasteiger partial charge in [-0.25, -0.2) is 4.79 Å². The number of likely N-dealkylation sites (tertiary alicyclic amines) is 1. The SMILES string of the molecule is Cc1cc(NC(=O)NC2CN(Cc3ccccc3)CC2C)nn1C. The number of amides is 2. The molecule has 2 unspecified atom stereocenters. The number of urea groups is 1. The van der Waals surface area contributed by atoms with Crippen molar-refractivity contribution in [3.8, 4) is 0 Å². The molecule has 1 saturated heterocycles. The summed E-state index contributed by atoms with van der Waals surface area (Å²) in [4.78, 5) is 14.6. The molecule has 1 aliphatic rings. The van der Waals surface area contributed by atoms with Crippen LogP contribution < -0.4 is 10.6 Å². The summed E-state index contributed by atoms with van der Waals surface area (Å²) in [5, 5.41) is 10.1. The molecule has 1 aliphatic heterocycles. The van der Waals surface area contributed by atoms with E-state index in [1.54, 1.807) is 4.68 Å². The summed E-state index contributed by atoms with van der Waals surface area (Å²) < 4.78 is 1.75. The Kier molecular flexibility index (Phi) is 4.85. The van der Waals surface area contributed by atoms with Crippen LogP contribution in [0.3, 0.4) is 0 Å². The maximum absolute atomic E-state index is 12.2. The second-order valence-electron chi connectivity index (χ2n) is 6.66. The average Bonchev–Trinajstić information content (AvgIpc) is 3.02. The van der Waals surface area contributed by atoms with E-state index in [2.05, 4.69) is 51.8 Å². The van der Waals surface area contributed by atoms with E-state index in [9.17, 15) is 4.79 Å². The number of aromatic nitrogens is 2. The molecule has 1 aromatic carbocycles. The van der Waals surface area contributed by atoms with Crippen molar-refractivity contribution in [2.75, 3.05) is 18.4 Å². The lowest BCUT2D eigenvalue weighted by Crippen LogP contribution is -2.42. The lowest BCUT2D eigenvalue weighted by atomic mass is 10.1. The van der Waals surface area contributed by atoms with Crippen molar-refractivity contribution >= 4 is 11.8 Å². The maximum Gasteiger partial charge on any atom is 0.320 e. The number of aryl methyl sites for hydroxylation is 2. The van der Waals surface area contributed by atoms with Gasteiger partial charge in [-0.2, -0.15) is 5.10 Å². The third kappa shape index (κ3) is 3.94. The Labute approximate surface area is 142 Å². The highest BCUT2D eigenvalue weighted by Crippen LogP contribution is 2.19. The van der Waals surface area contributed by atoms with E-state index < -0.39 is 0 Å². The highest BCUT2D eigenvalue weighted by atomic mass is 16.2. The molecule has 2 aromatic rings. The first-order valence-corrected chi connectivity index (χ1v) is 8.35. The Bertz CT molecular complexity index is 677. The maximum atomic E-state index is 12.2. The number of rotatable bonds is 4. The first-order chi connectivity index (χ1) is 11.5. The minimum atomic E-state index is -0.188. The Morgan fingerprint density at radius 2 is 2.04 bits per heavy atom. The average molecular weight is 327 g/mol. The quantitative estimate of drug-likeness (QED) is 0.906. The van der Waals surface area contributed by atoms with Crippen LogP contribution in [0.2, 0.25) is 0 Å². The molecule has 1 aromatic heterocycles. The first kappa shape index (κ1) is 16.5. The number of nitrogens with one attached hydrogen (secondary N) is 2. The molecular formula is C18H25N5O. The van der Waals surface area contributed by atoms with Gasteiger partial charge in [0.05, 0.1) is 0 Å². The van der Waals surface area contributed by atoms with Crippen molar-refractivity contribution in [3.05, 3.63) is 47.7 Å². The van der Waals surface area contributed by atoms with Gasteiger partial charge in [0, 0.05) is 44.5 Å². The summed E-state index contributed by atoms with van der Waals surface area (Å²) in [6, 6.07) is 12.3. The van der Waals surface area contributed by atoms with Crippen molar-refractivity contribution in [2.24, 2.45) is 13.0 Å². The third-order valence-electron chi connectivity index (χ3n) is 4.61. The molecule has 0 spiro atoms. The van der Waals surface area contributed by atoms with E-state index >= 15 is 0 Å². The number of carbonyl (C=O) groups is 1. The van der Waals surface area contributed by atoms with Gasteiger partial charge < -0.3 is 5.32 Å². The molecule has 0 saturated carbocycles. The normalized spacial score (nSPS) is 21.0. The standard InChI is InChI=1S/C18H25N5O/c1-13-10-23(11-15-7-5-4-6-8-15)12-16(13)19-18(24)20-17-9-14(2)22(3)21-17/h4-9,13,16H,10-12H2,1-3H3,(H2,19,20,21,24). The minimum absolute atomic E-state index is 0.151. The fourth-order valence-electron chi connectivity index (χ4n) is 3.17. The molecule has 2 atom stereocenters. The van der Waals surface area contributed by atoms with Crippen LogP contribution in [0, 0.1) is 12.8 Å². The number of carbonyl (C=O) groups excluding carboxylic acids is 1. The number of benzene rings is 1. The molecule has 24 heavy (non-hydrogen) atoms. The van der Waals surface area contributed by atoms with Crippen LogP contribution in [0.25, 0.3) is 0 Å². The largest absolute Gasteiger partial charge is 0.333 e. The molecule has 3 rings (SSSR count). The van der Waals surface area contributed by atoms with E-state index in [4.69, 9.17) is 0 Å². The lowest BCUT2D eigenvalue weighted by Gasteiger charge is -2.17. The fourth-order valence-corrected chi connectivity index (χ4v) is 3.17. The molecule has 2 amide bonds. The number of hydrogen-bond donors (Lipinski definition) is 2. The van der Waals surface area contributed by atoms with Crippen LogP contribution in [-0.4, -0.2) is 39.8 Å². The van der Waals surface area contributed by atoms with Crippen LogP contribution in [0.1, 0.15) is 18.2 Å². The summed E-state index contributed by atoms with van der Waals surface area (Å²) in [7, 11) is 1.86. The second kappa shape index (κ2) is 7.05. The molecule has 2 heterocycles. The molecular weight excluding hydrogens is 302 g/mol. The van der Waals surface area contributed by atoms with Gasteiger partial charge in [-0.05, 0) is 18.4 Å². The van der Waals surface area contributed by atoms with Crippen LogP contribution in [-0.2, 0) is 13.6 Å². The van der Waals surface area contributed by atoms with Gasteiger partial charge in [-0.1, -0.05) is 37.3 Å². The summed E-state index contributed by atoms with van der Waals surface area (Å²) >= 11 is 0.